The van der Waals surface area contributed by atoms with E-state index >= 15 is 0 Å². The molecule has 0 amide bonds. The van der Waals surface area contributed by atoms with Crippen LogP contribution in [-0.2, 0) is 13.7 Å². The molecule has 5 heteroatoms. The molecular formula is C12H11N3O2. The molecule has 0 bridgehead atoms. The van der Waals surface area contributed by atoms with Crippen molar-refractivity contribution < 1.29 is 9.63 Å². The fourth-order valence-electron chi connectivity index (χ4n) is 1.82. The maximum absolute atomic E-state index is 8.94. The molecule has 0 aliphatic heterocycles. The summed E-state index contributed by atoms with van der Waals surface area (Å²) in [6, 6.07) is 7.59. The predicted octanol–water partition coefficient (Wildman–Crippen LogP) is 1.72. The minimum atomic E-state index is -0.112. The van der Waals surface area contributed by atoms with E-state index in [1.165, 1.54) is 0 Å². The second kappa shape index (κ2) is 3.71. The van der Waals surface area contributed by atoms with Crippen molar-refractivity contribution in [1.29, 1.82) is 0 Å². The first-order chi connectivity index (χ1) is 8.26. The third kappa shape index (κ3) is 1.70. The Hall–Kier alpha value is -2.14. The van der Waals surface area contributed by atoms with Crippen molar-refractivity contribution in [2.24, 2.45) is 7.05 Å². The van der Waals surface area contributed by atoms with E-state index in [0.717, 1.165) is 16.5 Å². The Bertz CT molecular complexity index is 669. The van der Waals surface area contributed by atoms with Crippen molar-refractivity contribution in [2.75, 3.05) is 0 Å². The molecule has 17 heavy (non-hydrogen) atoms. The van der Waals surface area contributed by atoms with Crippen LogP contribution in [0.5, 0.6) is 0 Å². The zero-order chi connectivity index (χ0) is 11.8. The average molecular weight is 229 g/mol. The molecule has 1 aromatic carbocycles. The zero-order valence-electron chi connectivity index (χ0n) is 9.29. The van der Waals surface area contributed by atoms with Crippen molar-refractivity contribution in [1.82, 2.24) is 14.9 Å². The SMILES string of the molecule is Cn1cc2cc(-c3cc(CO)no3)ccc2n1. The van der Waals surface area contributed by atoms with Gasteiger partial charge in [-0.25, -0.2) is 0 Å². The van der Waals surface area contributed by atoms with E-state index in [2.05, 4.69) is 10.3 Å². The van der Waals surface area contributed by atoms with Crippen molar-refractivity contribution in [3.05, 3.63) is 36.2 Å². The molecule has 0 radical (unpaired) electrons. The van der Waals surface area contributed by atoms with Gasteiger partial charge in [0.1, 0.15) is 5.69 Å². The number of aromatic nitrogens is 3. The Morgan fingerprint density at radius 1 is 1.35 bits per heavy atom. The summed E-state index contributed by atoms with van der Waals surface area (Å²) in [5.41, 5.74) is 2.40. The molecule has 1 N–H and O–H groups in total. The Labute approximate surface area is 97.3 Å². The highest BCUT2D eigenvalue weighted by Gasteiger charge is 2.07. The van der Waals surface area contributed by atoms with Crippen LogP contribution in [0.2, 0.25) is 0 Å². The summed E-state index contributed by atoms with van der Waals surface area (Å²) < 4.78 is 6.93. The van der Waals surface area contributed by atoms with Crippen LogP contribution in [0.4, 0.5) is 0 Å². The molecule has 0 spiro atoms. The lowest BCUT2D eigenvalue weighted by Crippen LogP contribution is -1.84. The third-order valence-electron chi connectivity index (χ3n) is 2.62. The van der Waals surface area contributed by atoms with Gasteiger partial charge in [-0.05, 0) is 18.2 Å². The largest absolute Gasteiger partial charge is 0.390 e. The van der Waals surface area contributed by atoms with Crippen LogP contribution >= 0.6 is 0 Å². The van der Waals surface area contributed by atoms with Gasteiger partial charge in [0, 0.05) is 30.3 Å². The van der Waals surface area contributed by atoms with Crippen molar-refractivity contribution in [2.45, 2.75) is 6.61 Å². The van der Waals surface area contributed by atoms with Crippen LogP contribution in [0.25, 0.3) is 22.2 Å². The molecular weight excluding hydrogens is 218 g/mol. The first-order valence-corrected chi connectivity index (χ1v) is 5.26. The van der Waals surface area contributed by atoms with Crippen LogP contribution in [-0.4, -0.2) is 20.0 Å². The number of aliphatic hydroxyl groups excluding tert-OH is 1. The van der Waals surface area contributed by atoms with Gasteiger partial charge in [-0.3, -0.25) is 4.68 Å². The average Bonchev–Trinajstić information content (AvgIpc) is 2.92. The molecule has 0 saturated carbocycles. The topological polar surface area (TPSA) is 64.1 Å². The molecule has 3 aromatic rings. The summed E-state index contributed by atoms with van der Waals surface area (Å²) in [6.45, 7) is -0.112. The Morgan fingerprint density at radius 3 is 3.00 bits per heavy atom. The van der Waals surface area contributed by atoms with Crippen LogP contribution < -0.4 is 0 Å². The fraction of sp³-hybridized carbons (Fsp3) is 0.167. The predicted molar refractivity (Wildman–Crippen MR) is 62.1 cm³/mol. The van der Waals surface area contributed by atoms with E-state index in [0.29, 0.717) is 11.5 Å². The Morgan fingerprint density at radius 2 is 2.24 bits per heavy atom. The van der Waals surface area contributed by atoms with Crippen LogP contribution in [0, 0.1) is 0 Å². The summed E-state index contributed by atoms with van der Waals surface area (Å²) in [5.74, 6) is 0.653. The van der Waals surface area contributed by atoms with E-state index in [-0.39, 0.29) is 6.61 Å². The number of rotatable bonds is 2. The summed E-state index contributed by atoms with van der Waals surface area (Å²) >= 11 is 0. The zero-order valence-corrected chi connectivity index (χ0v) is 9.29. The number of aliphatic hydroxyl groups is 1. The van der Waals surface area contributed by atoms with Crippen LogP contribution in [0.3, 0.4) is 0 Å². The maximum Gasteiger partial charge on any atom is 0.167 e. The number of hydrogen-bond acceptors (Lipinski definition) is 4. The number of fused-ring (bicyclic) bond motifs is 1. The molecule has 2 aromatic heterocycles. The summed E-state index contributed by atoms with van der Waals surface area (Å²) in [5, 5.41) is 18.0. The first-order valence-electron chi connectivity index (χ1n) is 5.26. The summed E-state index contributed by atoms with van der Waals surface area (Å²) in [6.07, 6.45) is 1.95. The smallest absolute Gasteiger partial charge is 0.167 e. The number of benzene rings is 1. The lowest BCUT2D eigenvalue weighted by Gasteiger charge is -1.94. The normalized spacial score (nSPS) is 11.2. The van der Waals surface area contributed by atoms with Gasteiger partial charge in [0.25, 0.3) is 0 Å². The van der Waals surface area contributed by atoms with Crippen LogP contribution in [0.15, 0.2) is 35.0 Å². The van der Waals surface area contributed by atoms with Gasteiger partial charge >= 0.3 is 0 Å². The van der Waals surface area contributed by atoms with Gasteiger partial charge in [-0.2, -0.15) is 5.10 Å². The van der Waals surface area contributed by atoms with E-state index < -0.39 is 0 Å². The van der Waals surface area contributed by atoms with Crippen molar-refractivity contribution in [3.8, 4) is 11.3 Å². The van der Waals surface area contributed by atoms with Gasteiger partial charge < -0.3 is 9.63 Å². The van der Waals surface area contributed by atoms with E-state index in [4.69, 9.17) is 9.63 Å². The summed E-state index contributed by atoms with van der Waals surface area (Å²) in [7, 11) is 1.89. The van der Waals surface area contributed by atoms with Crippen LogP contribution in [0.1, 0.15) is 5.69 Å². The summed E-state index contributed by atoms with van der Waals surface area (Å²) in [4.78, 5) is 0. The highest BCUT2D eigenvalue weighted by Crippen LogP contribution is 2.24. The number of nitrogens with zero attached hydrogens (tertiary/aromatic N) is 3. The molecule has 0 atom stereocenters. The lowest BCUT2D eigenvalue weighted by molar-refractivity contribution is 0.267. The molecule has 3 rings (SSSR count). The second-order valence-corrected chi connectivity index (χ2v) is 3.92. The molecule has 0 saturated heterocycles. The standard InChI is InChI=1S/C12H11N3O2/c1-15-6-9-4-8(2-3-11(9)13-15)12-5-10(7-16)14-17-12/h2-6,16H,7H2,1H3. The van der Waals surface area contributed by atoms with Crippen molar-refractivity contribution >= 4 is 10.9 Å². The molecule has 5 nitrogen and oxygen atoms in total. The number of hydrogen-bond donors (Lipinski definition) is 1. The molecule has 0 fully saturated rings. The fourth-order valence-corrected chi connectivity index (χ4v) is 1.82. The van der Waals surface area contributed by atoms with E-state index in [1.807, 2.05) is 31.4 Å². The highest BCUT2D eigenvalue weighted by atomic mass is 16.5. The van der Waals surface area contributed by atoms with Gasteiger partial charge in [0.15, 0.2) is 5.76 Å². The molecule has 0 aliphatic carbocycles. The molecule has 0 aliphatic rings. The van der Waals surface area contributed by atoms with E-state index in [9.17, 15) is 0 Å². The third-order valence-corrected chi connectivity index (χ3v) is 2.62. The van der Waals surface area contributed by atoms with E-state index in [1.54, 1.807) is 10.7 Å². The molecule has 0 unspecified atom stereocenters. The van der Waals surface area contributed by atoms with Gasteiger partial charge in [-0.1, -0.05) is 5.16 Å². The monoisotopic (exact) mass is 229 g/mol. The number of aryl methyl sites for hydroxylation is 1. The molecule has 86 valence electrons. The minimum Gasteiger partial charge on any atom is -0.390 e. The van der Waals surface area contributed by atoms with Gasteiger partial charge in [-0.15, -0.1) is 0 Å². The minimum absolute atomic E-state index is 0.112. The first kappa shape index (κ1) is 10.0. The lowest BCUT2D eigenvalue weighted by atomic mass is 10.1. The van der Waals surface area contributed by atoms with Crippen molar-refractivity contribution in [3.63, 3.8) is 0 Å². The highest BCUT2D eigenvalue weighted by molar-refractivity contribution is 5.83. The van der Waals surface area contributed by atoms with Gasteiger partial charge in [0.2, 0.25) is 0 Å². The Kier molecular flexibility index (Phi) is 2.19. The van der Waals surface area contributed by atoms with Gasteiger partial charge in [0.05, 0.1) is 12.1 Å². The molecule has 2 heterocycles. The Balaban J connectivity index is 2.10. The second-order valence-electron chi connectivity index (χ2n) is 3.92. The maximum atomic E-state index is 8.94. The quantitative estimate of drug-likeness (QED) is 0.726.